The molecule has 0 spiro atoms. The van der Waals surface area contributed by atoms with E-state index in [4.69, 9.17) is 0 Å². The first-order valence-corrected chi connectivity index (χ1v) is 7.79. The van der Waals surface area contributed by atoms with E-state index in [1.165, 1.54) is 5.56 Å². The van der Waals surface area contributed by atoms with Crippen molar-refractivity contribution in [1.29, 1.82) is 0 Å². The topological polar surface area (TPSA) is 58.1 Å². The average Bonchev–Trinajstić information content (AvgIpc) is 2.58. The molecule has 0 saturated heterocycles. The van der Waals surface area contributed by atoms with Gasteiger partial charge in [-0.25, -0.2) is 9.97 Å². The summed E-state index contributed by atoms with van der Waals surface area (Å²) in [5.41, 5.74) is 3.59. The summed E-state index contributed by atoms with van der Waals surface area (Å²) in [6, 6.07) is 9.99. The molecule has 1 aromatic carbocycles. The van der Waals surface area contributed by atoms with E-state index in [0.717, 1.165) is 30.8 Å². The average molecular weight is 308 g/mol. The molecule has 5 nitrogen and oxygen atoms in total. The number of rotatable bonds is 4. The van der Waals surface area contributed by atoms with Gasteiger partial charge in [0.2, 0.25) is 5.95 Å². The molecule has 1 amide bonds. The first-order valence-electron chi connectivity index (χ1n) is 7.79. The van der Waals surface area contributed by atoms with Gasteiger partial charge in [0.05, 0.1) is 0 Å². The Hall–Kier alpha value is -2.69. The number of benzene rings is 1. The minimum atomic E-state index is -0.207. The van der Waals surface area contributed by atoms with Crippen molar-refractivity contribution in [3.05, 3.63) is 59.9 Å². The molecular formula is C18H20N4O. The Morgan fingerprint density at radius 1 is 1.39 bits per heavy atom. The van der Waals surface area contributed by atoms with Crippen molar-refractivity contribution in [2.24, 2.45) is 0 Å². The van der Waals surface area contributed by atoms with Crippen LogP contribution in [0.3, 0.4) is 0 Å². The molecule has 3 rings (SSSR count). The Balaban J connectivity index is 1.96. The second kappa shape index (κ2) is 6.60. The van der Waals surface area contributed by atoms with Gasteiger partial charge in [-0.2, -0.15) is 0 Å². The Labute approximate surface area is 136 Å². The number of hydrogen-bond acceptors (Lipinski definition) is 4. The summed E-state index contributed by atoms with van der Waals surface area (Å²) < 4.78 is 0. The number of anilines is 2. The number of carbonyl (C=O) groups excluding carboxylic acids is 1. The van der Waals surface area contributed by atoms with Crippen LogP contribution in [0.15, 0.2) is 43.0 Å². The maximum Gasteiger partial charge on any atom is 0.270 e. The van der Waals surface area contributed by atoms with Crippen LogP contribution in [0.5, 0.6) is 0 Å². The van der Waals surface area contributed by atoms with Crippen LogP contribution in [-0.2, 0) is 6.42 Å². The maximum atomic E-state index is 12.2. The van der Waals surface area contributed by atoms with E-state index in [2.05, 4.69) is 38.9 Å². The summed E-state index contributed by atoms with van der Waals surface area (Å²) in [5, 5.41) is 2.76. The molecular weight excluding hydrogens is 288 g/mol. The highest BCUT2D eigenvalue weighted by molar-refractivity contribution is 5.92. The van der Waals surface area contributed by atoms with Crippen LogP contribution < -0.4 is 10.2 Å². The zero-order valence-corrected chi connectivity index (χ0v) is 13.2. The molecule has 0 unspecified atom stereocenters. The Morgan fingerprint density at radius 3 is 3.04 bits per heavy atom. The fourth-order valence-electron chi connectivity index (χ4n) is 2.79. The van der Waals surface area contributed by atoms with E-state index in [9.17, 15) is 4.79 Å². The zero-order chi connectivity index (χ0) is 16.2. The van der Waals surface area contributed by atoms with Crippen molar-refractivity contribution in [2.75, 3.05) is 18.0 Å². The molecule has 0 atom stereocenters. The van der Waals surface area contributed by atoms with E-state index in [0.29, 0.717) is 18.2 Å². The molecule has 1 N–H and O–H groups in total. The van der Waals surface area contributed by atoms with Crippen molar-refractivity contribution in [3.8, 4) is 0 Å². The van der Waals surface area contributed by atoms with Crippen LogP contribution in [0.4, 0.5) is 11.6 Å². The predicted molar refractivity (Wildman–Crippen MR) is 91.1 cm³/mol. The van der Waals surface area contributed by atoms with Gasteiger partial charge < -0.3 is 10.2 Å². The first kappa shape index (κ1) is 15.2. The molecule has 0 fully saturated rings. The van der Waals surface area contributed by atoms with Crippen molar-refractivity contribution in [2.45, 2.75) is 19.8 Å². The molecule has 1 aliphatic heterocycles. The second-order valence-corrected chi connectivity index (χ2v) is 5.58. The molecule has 23 heavy (non-hydrogen) atoms. The number of aryl methyl sites for hydroxylation is 2. The van der Waals surface area contributed by atoms with E-state index < -0.39 is 0 Å². The van der Waals surface area contributed by atoms with Gasteiger partial charge in [-0.15, -0.1) is 6.58 Å². The molecule has 2 heterocycles. The van der Waals surface area contributed by atoms with Gasteiger partial charge in [-0.3, -0.25) is 4.79 Å². The quantitative estimate of drug-likeness (QED) is 0.882. The first-order chi connectivity index (χ1) is 11.2. The van der Waals surface area contributed by atoms with Crippen LogP contribution in [-0.4, -0.2) is 29.0 Å². The molecule has 0 saturated carbocycles. The van der Waals surface area contributed by atoms with Crippen molar-refractivity contribution < 1.29 is 4.79 Å². The molecule has 0 bridgehead atoms. The third kappa shape index (κ3) is 3.23. The largest absolute Gasteiger partial charge is 0.347 e. The van der Waals surface area contributed by atoms with Gasteiger partial charge in [0.15, 0.2) is 0 Å². The van der Waals surface area contributed by atoms with Crippen molar-refractivity contribution in [3.63, 3.8) is 0 Å². The predicted octanol–water partition coefficient (Wildman–Crippen LogP) is 2.79. The monoisotopic (exact) mass is 308 g/mol. The fraction of sp³-hybridized carbons (Fsp3) is 0.278. The number of para-hydroxylation sites is 1. The lowest BCUT2D eigenvalue weighted by molar-refractivity contribution is 0.0953. The van der Waals surface area contributed by atoms with Gasteiger partial charge in [0.1, 0.15) is 5.69 Å². The maximum absolute atomic E-state index is 12.2. The second-order valence-electron chi connectivity index (χ2n) is 5.58. The van der Waals surface area contributed by atoms with Crippen molar-refractivity contribution in [1.82, 2.24) is 15.3 Å². The van der Waals surface area contributed by atoms with E-state index in [1.807, 2.05) is 19.1 Å². The normalized spacial score (nSPS) is 13.3. The minimum absolute atomic E-state index is 0.207. The van der Waals surface area contributed by atoms with Gasteiger partial charge in [-0.1, -0.05) is 24.3 Å². The van der Waals surface area contributed by atoms with E-state index in [1.54, 1.807) is 12.1 Å². The minimum Gasteiger partial charge on any atom is -0.347 e. The molecule has 1 aromatic heterocycles. The standard InChI is InChI=1S/C18H20N4O/c1-3-10-19-17(23)15-12-13(2)20-18(21-15)22-11-6-8-14-7-4-5-9-16(14)22/h3-5,7,9,12H,1,6,8,10-11H2,2H3,(H,19,23). The summed E-state index contributed by atoms with van der Waals surface area (Å²) in [6.07, 6.45) is 3.76. The highest BCUT2D eigenvalue weighted by atomic mass is 16.1. The van der Waals surface area contributed by atoms with E-state index in [-0.39, 0.29) is 5.91 Å². The third-order valence-corrected chi connectivity index (χ3v) is 3.83. The lowest BCUT2D eigenvalue weighted by Crippen LogP contribution is -2.29. The van der Waals surface area contributed by atoms with Gasteiger partial charge in [-0.05, 0) is 37.5 Å². The smallest absolute Gasteiger partial charge is 0.270 e. The van der Waals surface area contributed by atoms with Crippen LogP contribution in [0, 0.1) is 6.92 Å². The molecule has 2 aromatic rings. The van der Waals surface area contributed by atoms with Crippen LogP contribution >= 0.6 is 0 Å². The summed E-state index contributed by atoms with van der Waals surface area (Å²) in [4.78, 5) is 23.3. The summed E-state index contributed by atoms with van der Waals surface area (Å²) in [6.45, 7) is 6.76. The number of hydrogen-bond donors (Lipinski definition) is 1. The van der Waals surface area contributed by atoms with E-state index >= 15 is 0 Å². The third-order valence-electron chi connectivity index (χ3n) is 3.83. The van der Waals surface area contributed by atoms with Crippen LogP contribution in [0.25, 0.3) is 0 Å². The Morgan fingerprint density at radius 2 is 2.22 bits per heavy atom. The zero-order valence-electron chi connectivity index (χ0n) is 13.2. The van der Waals surface area contributed by atoms with Gasteiger partial charge >= 0.3 is 0 Å². The number of nitrogens with zero attached hydrogens (tertiary/aromatic N) is 3. The highest BCUT2D eigenvalue weighted by Crippen LogP contribution is 2.31. The van der Waals surface area contributed by atoms with Crippen LogP contribution in [0.2, 0.25) is 0 Å². The number of nitrogens with one attached hydrogen (secondary N) is 1. The van der Waals surface area contributed by atoms with Crippen LogP contribution in [0.1, 0.15) is 28.2 Å². The lowest BCUT2D eigenvalue weighted by Gasteiger charge is -2.29. The molecule has 0 aliphatic carbocycles. The SMILES string of the molecule is C=CCNC(=O)c1cc(C)nc(N2CCCc3ccccc32)n1. The number of aromatic nitrogens is 2. The summed E-state index contributed by atoms with van der Waals surface area (Å²) >= 11 is 0. The molecule has 118 valence electrons. The highest BCUT2D eigenvalue weighted by Gasteiger charge is 2.21. The Kier molecular flexibility index (Phi) is 4.37. The molecule has 1 aliphatic rings. The number of amides is 1. The number of carbonyl (C=O) groups is 1. The van der Waals surface area contributed by atoms with Gasteiger partial charge in [0, 0.05) is 24.5 Å². The Bertz CT molecular complexity index is 742. The molecule has 0 radical (unpaired) electrons. The fourth-order valence-corrected chi connectivity index (χ4v) is 2.79. The summed E-state index contributed by atoms with van der Waals surface area (Å²) in [5.74, 6) is 0.378. The lowest BCUT2D eigenvalue weighted by atomic mass is 10.0. The van der Waals surface area contributed by atoms with Gasteiger partial charge in [0.25, 0.3) is 5.91 Å². The summed E-state index contributed by atoms with van der Waals surface area (Å²) in [7, 11) is 0. The molecule has 5 heteroatoms. The van der Waals surface area contributed by atoms with Crippen molar-refractivity contribution >= 4 is 17.5 Å². The number of fused-ring (bicyclic) bond motifs is 1.